The van der Waals surface area contributed by atoms with Crippen molar-refractivity contribution in [3.63, 3.8) is 0 Å². The van der Waals surface area contributed by atoms with E-state index in [4.69, 9.17) is 0 Å². The van der Waals surface area contributed by atoms with Crippen molar-refractivity contribution in [1.29, 1.82) is 0 Å². The van der Waals surface area contributed by atoms with Crippen LogP contribution in [-0.4, -0.2) is 58.6 Å². The molecule has 138 valence electrons. The molecule has 2 amide bonds. The number of carbonyl (C=O) groups excluding carboxylic acids is 2. The van der Waals surface area contributed by atoms with Crippen LogP contribution in [0.4, 0.5) is 5.95 Å². The maximum Gasteiger partial charge on any atom is 0.270 e. The molecule has 0 aliphatic carbocycles. The van der Waals surface area contributed by atoms with Gasteiger partial charge in [0.2, 0.25) is 11.9 Å². The highest BCUT2D eigenvalue weighted by Gasteiger charge is 2.35. The van der Waals surface area contributed by atoms with Crippen LogP contribution >= 0.6 is 0 Å². The summed E-state index contributed by atoms with van der Waals surface area (Å²) in [6, 6.07) is 1.84. The lowest BCUT2D eigenvalue weighted by Gasteiger charge is -2.34. The monoisotopic (exact) mass is 356 g/mol. The summed E-state index contributed by atoms with van der Waals surface area (Å²) in [5.41, 5.74) is 2.90. The molecule has 2 saturated heterocycles. The largest absolute Gasteiger partial charge is 0.341 e. The van der Waals surface area contributed by atoms with Crippen LogP contribution < -0.4 is 10.3 Å². The second kappa shape index (κ2) is 7.39. The van der Waals surface area contributed by atoms with E-state index in [0.29, 0.717) is 30.4 Å². The first-order valence-electron chi connectivity index (χ1n) is 9.37. The van der Waals surface area contributed by atoms with Crippen molar-refractivity contribution >= 4 is 23.5 Å². The summed E-state index contributed by atoms with van der Waals surface area (Å²) >= 11 is 0. The third kappa shape index (κ3) is 3.54. The van der Waals surface area contributed by atoms with E-state index in [1.807, 2.05) is 11.0 Å². The molecule has 0 spiro atoms. The summed E-state index contributed by atoms with van der Waals surface area (Å²) in [6.45, 7) is 3.53. The Bertz CT molecular complexity index is 699. The number of nitrogens with one attached hydrogen (secondary N) is 1. The standard InChI is InChI=1S/C18H24N6O2/c25-16-3-2-15(21-22-16)17(26)24-11-6-14(12-24)13-4-9-23(10-5-13)18-19-7-1-8-20-18/h1,7-8,13-14H,2-6,9-12H2,(H,22,25)/t14-/m0/s1. The van der Waals surface area contributed by atoms with Gasteiger partial charge >= 0.3 is 0 Å². The van der Waals surface area contributed by atoms with Gasteiger partial charge in [0.25, 0.3) is 5.91 Å². The predicted molar refractivity (Wildman–Crippen MR) is 96.5 cm³/mol. The molecule has 0 saturated carbocycles. The Morgan fingerprint density at radius 2 is 1.77 bits per heavy atom. The van der Waals surface area contributed by atoms with Crippen molar-refractivity contribution in [2.75, 3.05) is 31.1 Å². The minimum atomic E-state index is -0.116. The highest BCUT2D eigenvalue weighted by atomic mass is 16.2. The van der Waals surface area contributed by atoms with Gasteiger partial charge in [-0.1, -0.05) is 0 Å². The normalized spacial score (nSPS) is 24.4. The Labute approximate surface area is 152 Å². The highest BCUT2D eigenvalue weighted by Crippen LogP contribution is 2.32. The molecule has 26 heavy (non-hydrogen) atoms. The van der Waals surface area contributed by atoms with E-state index in [-0.39, 0.29) is 11.8 Å². The Kier molecular flexibility index (Phi) is 4.81. The fraction of sp³-hybridized carbons (Fsp3) is 0.611. The van der Waals surface area contributed by atoms with E-state index >= 15 is 0 Å². The van der Waals surface area contributed by atoms with E-state index in [1.54, 1.807) is 12.4 Å². The molecule has 0 unspecified atom stereocenters. The van der Waals surface area contributed by atoms with Crippen molar-refractivity contribution in [3.8, 4) is 0 Å². The minimum absolute atomic E-state index is 0.0115. The summed E-state index contributed by atoms with van der Waals surface area (Å²) in [6.07, 6.45) is 7.64. The number of aromatic nitrogens is 2. The van der Waals surface area contributed by atoms with Gasteiger partial charge in [-0.3, -0.25) is 9.59 Å². The van der Waals surface area contributed by atoms with E-state index in [2.05, 4.69) is 25.4 Å². The molecule has 0 radical (unpaired) electrons. The predicted octanol–water partition coefficient (Wildman–Crippen LogP) is 0.807. The number of hydrazone groups is 1. The molecule has 1 atom stereocenters. The molecular weight excluding hydrogens is 332 g/mol. The third-order valence-corrected chi connectivity index (χ3v) is 5.70. The van der Waals surface area contributed by atoms with Crippen LogP contribution in [0.1, 0.15) is 32.1 Å². The Morgan fingerprint density at radius 3 is 2.46 bits per heavy atom. The number of anilines is 1. The first-order valence-corrected chi connectivity index (χ1v) is 9.37. The molecule has 4 rings (SSSR count). The first kappa shape index (κ1) is 16.9. The van der Waals surface area contributed by atoms with Gasteiger partial charge in [-0.2, -0.15) is 5.10 Å². The van der Waals surface area contributed by atoms with Gasteiger partial charge in [-0.15, -0.1) is 0 Å². The lowest BCUT2D eigenvalue weighted by molar-refractivity contribution is -0.124. The molecule has 3 aliphatic heterocycles. The highest BCUT2D eigenvalue weighted by molar-refractivity contribution is 6.39. The van der Waals surface area contributed by atoms with Gasteiger partial charge in [0.15, 0.2) is 0 Å². The number of likely N-dealkylation sites (tertiary alicyclic amines) is 1. The SMILES string of the molecule is O=C1CCC(C(=O)N2CC[C@H](C3CCN(c4ncccn4)CC3)C2)=NN1. The number of nitrogens with zero attached hydrogens (tertiary/aromatic N) is 5. The molecule has 3 aliphatic rings. The molecule has 1 aromatic rings. The topological polar surface area (TPSA) is 90.8 Å². The van der Waals surface area contributed by atoms with Crippen molar-refractivity contribution < 1.29 is 9.59 Å². The molecule has 4 heterocycles. The maximum atomic E-state index is 12.6. The second-order valence-electron chi connectivity index (χ2n) is 7.27. The summed E-state index contributed by atoms with van der Waals surface area (Å²) < 4.78 is 0. The number of hydrogen-bond donors (Lipinski definition) is 1. The summed E-state index contributed by atoms with van der Waals surface area (Å²) in [5.74, 6) is 1.88. The van der Waals surface area contributed by atoms with Crippen LogP contribution in [0, 0.1) is 11.8 Å². The summed E-state index contributed by atoms with van der Waals surface area (Å²) in [7, 11) is 0. The van der Waals surface area contributed by atoms with E-state index in [1.165, 1.54) is 0 Å². The van der Waals surface area contributed by atoms with Gasteiger partial charge in [-0.05, 0) is 37.2 Å². The Morgan fingerprint density at radius 1 is 1.04 bits per heavy atom. The average molecular weight is 356 g/mol. The van der Waals surface area contributed by atoms with Crippen LogP contribution in [-0.2, 0) is 9.59 Å². The van der Waals surface area contributed by atoms with E-state index < -0.39 is 0 Å². The van der Waals surface area contributed by atoms with Crippen LogP contribution in [0.3, 0.4) is 0 Å². The summed E-state index contributed by atoms with van der Waals surface area (Å²) in [5, 5.41) is 3.94. The van der Waals surface area contributed by atoms with E-state index in [0.717, 1.165) is 51.4 Å². The number of hydrogen-bond acceptors (Lipinski definition) is 6. The maximum absolute atomic E-state index is 12.6. The number of rotatable bonds is 3. The van der Waals surface area contributed by atoms with Crippen molar-refractivity contribution in [3.05, 3.63) is 18.5 Å². The van der Waals surface area contributed by atoms with Crippen LogP contribution in [0.5, 0.6) is 0 Å². The molecule has 0 aromatic carbocycles. The van der Waals surface area contributed by atoms with Crippen molar-refractivity contribution in [2.45, 2.75) is 32.1 Å². The molecule has 0 bridgehead atoms. The second-order valence-corrected chi connectivity index (χ2v) is 7.27. The van der Waals surface area contributed by atoms with Gasteiger partial charge < -0.3 is 9.80 Å². The zero-order valence-electron chi connectivity index (χ0n) is 14.8. The summed E-state index contributed by atoms with van der Waals surface area (Å²) in [4.78, 5) is 36.6. The molecular formula is C18H24N6O2. The molecule has 1 aromatic heterocycles. The molecule has 8 heteroatoms. The van der Waals surface area contributed by atoms with Crippen molar-refractivity contribution in [2.24, 2.45) is 16.9 Å². The van der Waals surface area contributed by atoms with Crippen LogP contribution in [0.25, 0.3) is 0 Å². The zero-order chi connectivity index (χ0) is 17.9. The van der Waals surface area contributed by atoms with Gasteiger partial charge in [0, 0.05) is 51.4 Å². The molecule has 1 N–H and O–H groups in total. The van der Waals surface area contributed by atoms with Crippen molar-refractivity contribution in [1.82, 2.24) is 20.3 Å². The van der Waals surface area contributed by atoms with Gasteiger partial charge in [0.1, 0.15) is 5.71 Å². The molecule has 8 nitrogen and oxygen atoms in total. The quantitative estimate of drug-likeness (QED) is 0.865. The Balaban J connectivity index is 1.29. The number of carbonyl (C=O) groups is 2. The average Bonchev–Trinajstić information content (AvgIpc) is 3.19. The number of piperidine rings is 1. The molecule has 2 fully saturated rings. The van der Waals surface area contributed by atoms with E-state index in [9.17, 15) is 9.59 Å². The lowest BCUT2D eigenvalue weighted by atomic mass is 9.84. The fourth-order valence-electron chi connectivity index (χ4n) is 4.19. The Hall–Kier alpha value is -2.51. The number of amides is 2. The van der Waals surface area contributed by atoms with Gasteiger partial charge in [0.05, 0.1) is 0 Å². The van der Waals surface area contributed by atoms with Gasteiger partial charge in [-0.25, -0.2) is 15.4 Å². The lowest BCUT2D eigenvalue weighted by Crippen LogP contribution is -2.40. The van der Waals surface area contributed by atoms with Crippen LogP contribution in [0.2, 0.25) is 0 Å². The smallest absolute Gasteiger partial charge is 0.270 e. The third-order valence-electron chi connectivity index (χ3n) is 5.70. The van der Waals surface area contributed by atoms with Crippen LogP contribution in [0.15, 0.2) is 23.6 Å². The zero-order valence-corrected chi connectivity index (χ0v) is 14.8. The first-order chi connectivity index (χ1) is 12.7. The minimum Gasteiger partial charge on any atom is -0.341 e. The fourth-order valence-corrected chi connectivity index (χ4v) is 4.19.